The predicted octanol–water partition coefficient (Wildman–Crippen LogP) is 2.04. The number of aromatic nitrogens is 2. The number of piperidine rings is 1. The third-order valence-electron chi connectivity index (χ3n) is 4.98. The van der Waals surface area contributed by atoms with E-state index in [0.717, 1.165) is 18.9 Å². The molecule has 22 heavy (non-hydrogen) atoms. The van der Waals surface area contributed by atoms with Crippen LogP contribution in [-0.4, -0.2) is 46.3 Å². The van der Waals surface area contributed by atoms with E-state index in [1.165, 1.54) is 51.6 Å². The summed E-state index contributed by atoms with van der Waals surface area (Å²) in [5.41, 5.74) is 0. The SMILES string of the molecule is O=C(Cn1cccn1)N[C@H]1CCCN(CC2CCCCC2)C1. The van der Waals surface area contributed by atoms with Crippen LogP contribution < -0.4 is 5.32 Å². The Labute approximate surface area is 133 Å². The Morgan fingerprint density at radius 1 is 1.18 bits per heavy atom. The molecule has 5 heteroatoms. The lowest BCUT2D eigenvalue weighted by molar-refractivity contribution is -0.122. The Balaban J connectivity index is 1.42. The monoisotopic (exact) mass is 304 g/mol. The van der Waals surface area contributed by atoms with Crippen molar-refractivity contribution in [2.75, 3.05) is 19.6 Å². The van der Waals surface area contributed by atoms with Crippen LogP contribution in [0.15, 0.2) is 18.5 Å². The molecule has 5 nitrogen and oxygen atoms in total. The van der Waals surface area contributed by atoms with E-state index in [1.807, 2.05) is 12.3 Å². The van der Waals surface area contributed by atoms with Crippen LogP contribution in [-0.2, 0) is 11.3 Å². The van der Waals surface area contributed by atoms with E-state index in [1.54, 1.807) is 10.9 Å². The topological polar surface area (TPSA) is 50.2 Å². The van der Waals surface area contributed by atoms with Gasteiger partial charge in [-0.2, -0.15) is 5.10 Å². The lowest BCUT2D eigenvalue weighted by Gasteiger charge is -2.36. The number of amides is 1. The maximum atomic E-state index is 12.1. The summed E-state index contributed by atoms with van der Waals surface area (Å²) in [4.78, 5) is 14.7. The van der Waals surface area contributed by atoms with Gasteiger partial charge in [0.05, 0.1) is 0 Å². The maximum Gasteiger partial charge on any atom is 0.241 e. The molecule has 2 heterocycles. The molecule has 1 aromatic rings. The van der Waals surface area contributed by atoms with Gasteiger partial charge in [-0.3, -0.25) is 9.48 Å². The molecule has 1 saturated carbocycles. The highest BCUT2D eigenvalue weighted by Gasteiger charge is 2.24. The van der Waals surface area contributed by atoms with Crippen molar-refractivity contribution < 1.29 is 4.79 Å². The lowest BCUT2D eigenvalue weighted by atomic mass is 9.88. The van der Waals surface area contributed by atoms with E-state index in [9.17, 15) is 4.79 Å². The van der Waals surface area contributed by atoms with Gasteiger partial charge in [0.1, 0.15) is 6.54 Å². The summed E-state index contributed by atoms with van der Waals surface area (Å²) >= 11 is 0. The van der Waals surface area contributed by atoms with Crippen LogP contribution in [0.5, 0.6) is 0 Å². The predicted molar refractivity (Wildman–Crippen MR) is 86.4 cm³/mol. The smallest absolute Gasteiger partial charge is 0.241 e. The van der Waals surface area contributed by atoms with E-state index >= 15 is 0 Å². The van der Waals surface area contributed by atoms with E-state index in [2.05, 4.69) is 15.3 Å². The molecular formula is C17H28N4O. The zero-order valence-electron chi connectivity index (χ0n) is 13.4. The van der Waals surface area contributed by atoms with Gasteiger partial charge in [0.2, 0.25) is 5.91 Å². The number of carbonyl (C=O) groups excluding carboxylic acids is 1. The molecule has 0 unspecified atom stereocenters. The quantitative estimate of drug-likeness (QED) is 0.906. The first-order chi connectivity index (χ1) is 10.8. The molecule has 0 radical (unpaired) electrons. The zero-order valence-corrected chi connectivity index (χ0v) is 13.4. The molecule has 0 spiro atoms. The fourth-order valence-corrected chi connectivity index (χ4v) is 3.89. The van der Waals surface area contributed by atoms with Gasteiger partial charge in [0, 0.05) is 31.5 Å². The molecule has 3 rings (SSSR count). The Hall–Kier alpha value is -1.36. The van der Waals surface area contributed by atoms with Gasteiger partial charge in [-0.1, -0.05) is 19.3 Å². The van der Waals surface area contributed by atoms with Crippen LogP contribution in [0.4, 0.5) is 0 Å². The number of hydrogen-bond donors (Lipinski definition) is 1. The van der Waals surface area contributed by atoms with E-state index in [4.69, 9.17) is 0 Å². The highest BCUT2D eigenvalue weighted by Crippen LogP contribution is 2.25. The van der Waals surface area contributed by atoms with Crippen molar-refractivity contribution in [2.45, 2.75) is 57.5 Å². The molecule has 1 aliphatic carbocycles. The second-order valence-electron chi connectivity index (χ2n) is 6.87. The van der Waals surface area contributed by atoms with Gasteiger partial charge >= 0.3 is 0 Å². The van der Waals surface area contributed by atoms with Gasteiger partial charge in [0.25, 0.3) is 0 Å². The molecule has 0 bridgehead atoms. The van der Waals surface area contributed by atoms with Crippen molar-refractivity contribution in [3.8, 4) is 0 Å². The molecule has 122 valence electrons. The standard InChI is InChI=1S/C17H28N4O/c22-17(14-21-11-5-9-18-21)19-16-8-4-10-20(13-16)12-15-6-2-1-3-7-15/h5,9,11,15-16H,1-4,6-8,10,12-14H2,(H,19,22)/t16-/m0/s1. The number of rotatable bonds is 5. The summed E-state index contributed by atoms with van der Waals surface area (Å²) < 4.78 is 1.68. The number of likely N-dealkylation sites (tertiary alicyclic amines) is 1. The van der Waals surface area contributed by atoms with Gasteiger partial charge < -0.3 is 10.2 Å². The fourth-order valence-electron chi connectivity index (χ4n) is 3.89. The number of nitrogens with zero attached hydrogens (tertiary/aromatic N) is 3. The Kier molecular flexibility index (Phi) is 5.48. The third-order valence-corrected chi connectivity index (χ3v) is 4.98. The van der Waals surface area contributed by atoms with Crippen molar-refractivity contribution in [1.29, 1.82) is 0 Å². The van der Waals surface area contributed by atoms with Crippen molar-refractivity contribution >= 4 is 5.91 Å². The molecule has 2 fully saturated rings. The van der Waals surface area contributed by atoms with Crippen LogP contribution in [0.1, 0.15) is 44.9 Å². The summed E-state index contributed by atoms with van der Waals surface area (Å²) in [6.07, 6.45) is 12.9. The largest absolute Gasteiger partial charge is 0.350 e. The first-order valence-corrected chi connectivity index (χ1v) is 8.79. The highest BCUT2D eigenvalue weighted by molar-refractivity contribution is 5.75. The number of nitrogens with one attached hydrogen (secondary N) is 1. The van der Waals surface area contributed by atoms with Crippen molar-refractivity contribution in [1.82, 2.24) is 20.0 Å². The fraction of sp³-hybridized carbons (Fsp3) is 0.765. The Morgan fingerprint density at radius 3 is 2.82 bits per heavy atom. The minimum atomic E-state index is 0.0771. The number of hydrogen-bond acceptors (Lipinski definition) is 3. The zero-order chi connectivity index (χ0) is 15.2. The minimum Gasteiger partial charge on any atom is -0.350 e. The second-order valence-corrected chi connectivity index (χ2v) is 6.87. The van der Waals surface area contributed by atoms with E-state index in [-0.39, 0.29) is 5.91 Å². The van der Waals surface area contributed by atoms with Crippen LogP contribution in [0.2, 0.25) is 0 Å². The molecule has 1 atom stereocenters. The molecule has 1 amide bonds. The summed E-state index contributed by atoms with van der Waals surface area (Å²) in [6.45, 7) is 3.76. The highest BCUT2D eigenvalue weighted by atomic mass is 16.2. The van der Waals surface area contributed by atoms with E-state index < -0.39 is 0 Å². The maximum absolute atomic E-state index is 12.1. The third kappa shape index (κ3) is 4.57. The molecule has 1 N–H and O–H groups in total. The average molecular weight is 304 g/mol. The van der Waals surface area contributed by atoms with Gasteiger partial charge in [0.15, 0.2) is 0 Å². The summed E-state index contributed by atoms with van der Waals surface area (Å²) in [6, 6.07) is 2.15. The van der Waals surface area contributed by atoms with Crippen molar-refractivity contribution in [3.05, 3.63) is 18.5 Å². The van der Waals surface area contributed by atoms with Crippen LogP contribution in [0.3, 0.4) is 0 Å². The van der Waals surface area contributed by atoms with Crippen LogP contribution >= 0.6 is 0 Å². The van der Waals surface area contributed by atoms with E-state index in [0.29, 0.717) is 12.6 Å². The van der Waals surface area contributed by atoms with Gasteiger partial charge in [-0.25, -0.2) is 0 Å². The number of carbonyl (C=O) groups is 1. The van der Waals surface area contributed by atoms with Crippen LogP contribution in [0.25, 0.3) is 0 Å². The van der Waals surface area contributed by atoms with Gasteiger partial charge in [-0.05, 0) is 44.2 Å². The lowest BCUT2D eigenvalue weighted by Crippen LogP contribution is -2.49. The van der Waals surface area contributed by atoms with Crippen LogP contribution in [0, 0.1) is 5.92 Å². The summed E-state index contributed by atoms with van der Waals surface area (Å²) in [7, 11) is 0. The summed E-state index contributed by atoms with van der Waals surface area (Å²) in [5, 5.41) is 7.27. The minimum absolute atomic E-state index is 0.0771. The Bertz CT molecular complexity index is 453. The normalized spacial score (nSPS) is 24.3. The van der Waals surface area contributed by atoms with Crippen molar-refractivity contribution in [3.63, 3.8) is 0 Å². The van der Waals surface area contributed by atoms with Crippen molar-refractivity contribution in [2.24, 2.45) is 5.92 Å². The summed E-state index contributed by atoms with van der Waals surface area (Å²) in [5.74, 6) is 0.959. The molecular weight excluding hydrogens is 276 g/mol. The second kappa shape index (κ2) is 7.77. The molecule has 1 saturated heterocycles. The van der Waals surface area contributed by atoms with Gasteiger partial charge in [-0.15, -0.1) is 0 Å². The first kappa shape index (κ1) is 15.5. The molecule has 1 aromatic heterocycles. The Morgan fingerprint density at radius 2 is 2.05 bits per heavy atom. The molecule has 1 aliphatic heterocycles. The molecule has 2 aliphatic rings. The first-order valence-electron chi connectivity index (χ1n) is 8.79. The average Bonchev–Trinajstić information content (AvgIpc) is 3.01. The molecule has 0 aromatic carbocycles.